The lowest BCUT2D eigenvalue weighted by Gasteiger charge is -2.22. The van der Waals surface area contributed by atoms with E-state index in [4.69, 9.17) is 5.26 Å². The molecule has 3 atom stereocenters. The maximum Gasteiger partial charge on any atom is 0.419 e. The van der Waals surface area contributed by atoms with E-state index in [0.29, 0.717) is 34.1 Å². The molecule has 5 rings (SSSR count). The van der Waals surface area contributed by atoms with Crippen LogP contribution in [0.2, 0.25) is 0 Å². The second-order valence-corrected chi connectivity index (χ2v) is 7.56. The van der Waals surface area contributed by atoms with Gasteiger partial charge in [-0.2, -0.15) is 18.4 Å². The summed E-state index contributed by atoms with van der Waals surface area (Å²) in [7, 11) is 0. The number of aromatic amines is 1. The molecule has 2 aliphatic rings. The number of hydrogen-bond donors (Lipinski definition) is 3. The third kappa shape index (κ3) is 3.09. The lowest BCUT2D eigenvalue weighted by Crippen LogP contribution is -2.34. The van der Waals surface area contributed by atoms with Gasteiger partial charge in [0.05, 0.1) is 17.3 Å². The van der Waals surface area contributed by atoms with E-state index in [9.17, 15) is 13.2 Å². The van der Waals surface area contributed by atoms with Crippen LogP contribution in [0.3, 0.4) is 0 Å². The number of H-pyrrole nitrogens is 1. The van der Waals surface area contributed by atoms with Gasteiger partial charge in [0.25, 0.3) is 0 Å². The second kappa shape index (κ2) is 6.46. The fourth-order valence-electron chi connectivity index (χ4n) is 4.41. The fourth-order valence-corrected chi connectivity index (χ4v) is 4.41. The van der Waals surface area contributed by atoms with Gasteiger partial charge in [0.1, 0.15) is 5.56 Å². The van der Waals surface area contributed by atoms with Crippen LogP contribution in [0.5, 0.6) is 0 Å². The zero-order valence-corrected chi connectivity index (χ0v) is 15.2. The highest BCUT2D eigenvalue weighted by molar-refractivity contribution is 5.96. The molecule has 3 N–H and O–H groups in total. The van der Waals surface area contributed by atoms with Crippen molar-refractivity contribution < 1.29 is 13.2 Å². The Morgan fingerprint density at radius 3 is 2.79 bits per heavy atom. The van der Waals surface area contributed by atoms with Gasteiger partial charge < -0.3 is 15.6 Å². The number of anilines is 1. The van der Waals surface area contributed by atoms with E-state index < -0.39 is 11.7 Å². The summed E-state index contributed by atoms with van der Waals surface area (Å²) in [5, 5.41) is 16.3. The van der Waals surface area contributed by atoms with E-state index in [1.54, 1.807) is 18.2 Å². The van der Waals surface area contributed by atoms with Crippen molar-refractivity contribution in [3.05, 3.63) is 41.7 Å². The molecule has 9 heteroatoms. The van der Waals surface area contributed by atoms with Gasteiger partial charge in [0, 0.05) is 47.0 Å². The average Bonchev–Trinajstić information content (AvgIpc) is 3.41. The predicted molar refractivity (Wildman–Crippen MR) is 101 cm³/mol. The average molecular weight is 398 g/mol. The van der Waals surface area contributed by atoms with Gasteiger partial charge in [-0.1, -0.05) is 6.07 Å². The molecule has 2 bridgehead atoms. The second-order valence-electron chi connectivity index (χ2n) is 7.56. The molecule has 0 saturated carbocycles. The van der Waals surface area contributed by atoms with Gasteiger partial charge in [-0.05, 0) is 31.4 Å². The number of halogens is 3. The van der Waals surface area contributed by atoms with Crippen molar-refractivity contribution in [2.75, 3.05) is 5.32 Å². The van der Waals surface area contributed by atoms with E-state index in [2.05, 4.69) is 25.6 Å². The number of benzene rings is 1. The van der Waals surface area contributed by atoms with Crippen molar-refractivity contribution in [1.82, 2.24) is 20.3 Å². The molecule has 0 radical (unpaired) electrons. The quantitative estimate of drug-likeness (QED) is 0.624. The van der Waals surface area contributed by atoms with Gasteiger partial charge in [-0.3, -0.25) is 0 Å². The standard InChI is InChI=1S/C20H17F3N6/c21-20(22,23)14-9-26-19(28-17-6-11-2-4-15(17)27-11)29-18(14)13-8-25-16-5-10(7-24)1-3-12(13)16/h1,3,5,8-9,11,15,17,25,27H,2,4,6H2,(H,26,28,29)/t11-,15+,17?/m1/s1. The van der Waals surface area contributed by atoms with Gasteiger partial charge in [0.15, 0.2) is 0 Å². The van der Waals surface area contributed by atoms with Crippen molar-refractivity contribution in [3.8, 4) is 17.3 Å². The van der Waals surface area contributed by atoms with Crippen molar-refractivity contribution in [1.29, 1.82) is 5.26 Å². The Morgan fingerprint density at radius 1 is 1.24 bits per heavy atom. The highest BCUT2D eigenvalue weighted by atomic mass is 19.4. The molecule has 0 aliphatic carbocycles. The molecule has 2 aliphatic heterocycles. The smallest absolute Gasteiger partial charge is 0.360 e. The van der Waals surface area contributed by atoms with Gasteiger partial charge in [0.2, 0.25) is 5.95 Å². The lowest BCUT2D eigenvalue weighted by molar-refractivity contribution is -0.137. The molecule has 2 saturated heterocycles. The van der Waals surface area contributed by atoms with Crippen LogP contribution in [-0.2, 0) is 6.18 Å². The van der Waals surface area contributed by atoms with Crippen LogP contribution in [0, 0.1) is 11.3 Å². The molecule has 29 heavy (non-hydrogen) atoms. The van der Waals surface area contributed by atoms with Crippen molar-refractivity contribution in [2.45, 2.75) is 43.6 Å². The number of nitrogens with one attached hydrogen (secondary N) is 3. The highest BCUT2D eigenvalue weighted by Gasteiger charge is 2.40. The molecule has 0 amide bonds. The number of rotatable bonds is 3. The van der Waals surface area contributed by atoms with Crippen molar-refractivity contribution >= 4 is 16.9 Å². The Morgan fingerprint density at radius 2 is 2.10 bits per heavy atom. The third-order valence-electron chi connectivity index (χ3n) is 5.77. The number of alkyl halides is 3. The fraction of sp³-hybridized carbons (Fsp3) is 0.350. The van der Waals surface area contributed by atoms with E-state index in [1.807, 2.05) is 6.07 Å². The summed E-state index contributed by atoms with van der Waals surface area (Å²) in [5.74, 6) is 0.190. The van der Waals surface area contributed by atoms with Crippen LogP contribution in [0.15, 0.2) is 30.6 Å². The summed E-state index contributed by atoms with van der Waals surface area (Å²) in [6, 6.07) is 7.70. The van der Waals surface area contributed by atoms with Crippen LogP contribution in [0.4, 0.5) is 19.1 Å². The summed E-state index contributed by atoms with van der Waals surface area (Å²) in [4.78, 5) is 11.2. The molecule has 0 spiro atoms. The zero-order chi connectivity index (χ0) is 20.2. The molecule has 3 aromatic rings. The molecule has 6 nitrogen and oxygen atoms in total. The first kappa shape index (κ1) is 17.9. The van der Waals surface area contributed by atoms with E-state index >= 15 is 0 Å². The first-order valence-corrected chi connectivity index (χ1v) is 9.41. The Labute approximate surface area is 164 Å². The largest absolute Gasteiger partial charge is 0.419 e. The number of aromatic nitrogens is 3. The molecule has 1 aromatic carbocycles. The summed E-state index contributed by atoms with van der Waals surface area (Å²) >= 11 is 0. The summed E-state index contributed by atoms with van der Waals surface area (Å²) < 4.78 is 41.0. The summed E-state index contributed by atoms with van der Waals surface area (Å²) in [6.45, 7) is 0. The molecule has 148 valence electrons. The molecular weight excluding hydrogens is 381 g/mol. The Bertz CT molecular complexity index is 1130. The molecule has 2 aromatic heterocycles. The first-order chi connectivity index (χ1) is 13.9. The third-order valence-corrected chi connectivity index (χ3v) is 5.77. The van der Waals surface area contributed by atoms with Crippen LogP contribution in [0.25, 0.3) is 22.2 Å². The summed E-state index contributed by atoms with van der Waals surface area (Å²) in [5.41, 5.74) is 0.267. The van der Waals surface area contributed by atoms with Crippen LogP contribution >= 0.6 is 0 Å². The first-order valence-electron chi connectivity index (χ1n) is 9.41. The normalized spacial score (nSPS) is 23.4. The van der Waals surface area contributed by atoms with Gasteiger partial charge in [-0.15, -0.1) is 0 Å². The Balaban J connectivity index is 1.57. The minimum absolute atomic E-state index is 0.111. The van der Waals surface area contributed by atoms with E-state index in [1.165, 1.54) is 6.20 Å². The summed E-state index contributed by atoms with van der Waals surface area (Å²) in [6.07, 6.45) is 0.827. The number of fused-ring (bicyclic) bond motifs is 3. The zero-order valence-electron chi connectivity index (χ0n) is 15.2. The Hall–Kier alpha value is -3.12. The SMILES string of the molecule is N#Cc1ccc2c(-c3nc(NC4C[C@H]5CC[C@@H]4N5)ncc3C(F)(F)F)c[nH]c2c1. The van der Waals surface area contributed by atoms with Crippen LogP contribution in [0.1, 0.15) is 30.4 Å². The number of nitriles is 1. The van der Waals surface area contributed by atoms with Crippen LogP contribution < -0.4 is 10.6 Å². The molecule has 2 fully saturated rings. The van der Waals surface area contributed by atoms with E-state index in [0.717, 1.165) is 25.5 Å². The Kier molecular flexibility index (Phi) is 3.99. The molecular formula is C20H17F3N6. The number of hydrogen-bond acceptors (Lipinski definition) is 5. The van der Waals surface area contributed by atoms with Crippen molar-refractivity contribution in [3.63, 3.8) is 0 Å². The van der Waals surface area contributed by atoms with Crippen molar-refractivity contribution in [2.24, 2.45) is 0 Å². The maximum atomic E-state index is 13.7. The minimum atomic E-state index is -4.59. The van der Waals surface area contributed by atoms with Gasteiger partial charge >= 0.3 is 6.18 Å². The minimum Gasteiger partial charge on any atom is -0.360 e. The van der Waals surface area contributed by atoms with Crippen LogP contribution in [-0.4, -0.2) is 33.1 Å². The monoisotopic (exact) mass is 398 g/mol. The maximum absolute atomic E-state index is 13.7. The number of nitrogens with zero attached hydrogens (tertiary/aromatic N) is 3. The predicted octanol–water partition coefficient (Wildman–Crippen LogP) is 3.82. The highest BCUT2D eigenvalue weighted by Crippen LogP contribution is 2.39. The van der Waals surface area contributed by atoms with E-state index in [-0.39, 0.29) is 17.7 Å². The van der Waals surface area contributed by atoms with Gasteiger partial charge in [-0.25, -0.2) is 9.97 Å². The molecule has 1 unspecified atom stereocenters. The topological polar surface area (TPSA) is 89.4 Å². The molecule has 4 heterocycles. The lowest BCUT2D eigenvalue weighted by atomic mass is 9.96.